The molecule has 0 aliphatic heterocycles. The fourth-order valence-electron chi connectivity index (χ4n) is 1.82. The Morgan fingerprint density at radius 3 is 2.94 bits per heavy atom. The number of hydrogen-bond donors (Lipinski definition) is 2. The number of aliphatic hydroxyl groups is 1. The van der Waals surface area contributed by atoms with E-state index in [0.717, 1.165) is 36.5 Å². The Bertz CT molecular complexity index is 464. The molecule has 0 aliphatic rings. The minimum Gasteiger partial charge on any atom is -0.396 e. The Kier molecular flexibility index (Phi) is 3.41. The second kappa shape index (κ2) is 4.99. The summed E-state index contributed by atoms with van der Waals surface area (Å²) in [5, 5.41) is 12.1. The van der Waals surface area contributed by atoms with E-state index in [0.29, 0.717) is 0 Å². The van der Waals surface area contributed by atoms with Crippen LogP contribution in [0.5, 0.6) is 0 Å². The highest BCUT2D eigenvalue weighted by Crippen LogP contribution is 2.19. The molecule has 1 aromatic heterocycles. The standard InChI is InChI=1S/C12H17N3O/c1-2-13-12-14-10-6-3-4-7-11(10)15(12)8-5-9-16/h3-4,6-7,16H,2,5,8-9H2,1H3,(H,13,14). The van der Waals surface area contributed by atoms with Gasteiger partial charge in [-0.2, -0.15) is 0 Å². The van der Waals surface area contributed by atoms with Gasteiger partial charge >= 0.3 is 0 Å². The monoisotopic (exact) mass is 219 g/mol. The van der Waals surface area contributed by atoms with Crippen LogP contribution in [0.2, 0.25) is 0 Å². The number of anilines is 1. The van der Waals surface area contributed by atoms with Crippen LogP contribution in [0.1, 0.15) is 13.3 Å². The molecule has 86 valence electrons. The van der Waals surface area contributed by atoms with Crippen LogP contribution in [0.25, 0.3) is 11.0 Å². The van der Waals surface area contributed by atoms with Gasteiger partial charge in [0.1, 0.15) is 0 Å². The lowest BCUT2D eigenvalue weighted by Crippen LogP contribution is -2.08. The summed E-state index contributed by atoms with van der Waals surface area (Å²) < 4.78 is 2.12. The highest BCUT2D eigenvalue weighted by molar-refractivity contribution is 5.78. The minimum absolute atomic E-state index is 0.206. The number of aryl methyl sites for hydroxylation is 1. The van der Waals surface area contributed by atoms with Crippen molar-refractivity contribution in [2.45, 2.75) is 19.9 Å². The van der Waals surface area contributed by atoms with Gasteiger partial charge in [0.05, 0.1) is 11.0 Å². The van der Waals surface area contributed by atoms with Crippen LogP contribution in [0.4, 0.5) is 5.95 Å². The molecule has 16 heavy (non-hydrogen) atoms. The summed E-state index contributed by atoms with van der Waals surface area (Å²) in [6.45, 7) is 3.90. The van der Waals surface area contributed by atoms with E-state index in [1.807, 2.05) is 18.2 Å². The molecule has 2 aromatic rings. The third-order valence-corrected chi connectivity index (χ3v) is 2.53. The van der Waals surface area contributed by atoms with Gasteiger partial charge in [0.2, 0.25) is 5.95 Å². The molecule has 0 saturated heterocycles. The van der Waals surface area contributed by atoms with E-state index in [-0.39, 0.29) is 6.61 Å². The zero-order chi connectivity index (χ0) is 11.4. The molecule has 0 aliphatic carbocycles. The Morgan fingerprint density at radius 1 is 1.38 bits per heavy atom. The van der Waals surface area contributed by atoms with Crippen LogP contribution in [0.3, 0.4) is 0 Å². The number of hydrogen-bond acceptors (Lipinski definition) is 3. The van der Waals surface area contributed by atoms with E-state index >= 15 is 0 Å². The summed E-state index contributed by atoms with van der Waals surface area (Å²) in [5.74, 6) is 0.886. The number of fused-ring (bicyclic) bond motifs is 1. The van der Waals surface area contributed by atoms with Crippen molar-refractivity contribution in [1.82, 2.24) is 9.55 Å². The van der Waals surface area contributed by atoms with Crippen molar-refractivity contribution in [3.8, 4) is 0 Å². The summed E-state index contributed by atoms with van der Waals surface area (Å²) in [6, 6.07) is 8.06. The first-order valence-electron chi connectivity index (χ1n) is 5.66. The van der Waals surface area contributed by atoms with E-state index in [9.17, 15) is 0 Å². The molecule has 1 aromatic carbocycles. The molecule has 2 N–H and O–H groups in total. The van der Waals surface area contributed by atoms with Gasteiger partial charge in [0, 0.05) is 19.7 Å². The average molecular weight is 219 g/mol. The van der Waals surface area contributed by atoms with Crippen LogP contribution in [-0.2, 0) is 6.54 Å². The van der Waals surface area contributed by atoms with Crippen LogP contribution in [0, 0.1) is 0 Å². The summed E-state index contributed by atoms with van der Waals surface area (Å²) in [7, 11) is 0. The number of nitrogens with zero attached hydrogens (tertiary/aromatic N) is 2. The average Bonchev–Trinajstić information content (AvgIpc) is 2.65. The first-order valence-corrected chi connectivity index (χ1v) is 5.66. The van der Waals surface area contributed by atoms with Gasteiger partial charge < -0.3 is 15.0 Å². The highest BCUT2D eigenvalue weighted by Gasteiger charge is 2.08. The summed E-state index contributed by atoms with van der Waals surface area (Å²) >= 11 is 0. The maximum Gasteiger partial charge on any atom is 0.203 e. The van der Waals surface area contributed by atoms with Crippen molar-refractivity contribution in [2.24, 2.45) is 0 Å². The molecule has 2 rings (SSSR count). The first-order chi connectivity index (χ1) is 7.86. The molecule has 4 nitrogen and oxygen atoms in total. The summed E-state index contributed by atoms with van der Waals surface area (Å²) in [6.07, 6.45) is 0.749. The number of para-hydroxylation sites is 2. The number of nitrogens with one attached hydrogen (secondary N) is 1. The maximum absolute atomic E-state index is 8.90. The number of aliphatic hydroxyl groups excluding tert-OH is 1. The predicted octanol–water partition coefficient (Wildman–Crippen LogP) is 1.85. The molecular weight excluding hydrogens is 202 g/mol. The topological polar surface area (TPSA) is 50.1 Å². The van der Waals surface area contributed by atoms with Crippen molar-refractivity contribution in [3.05, 3.63) is 24.3 Å². The van der Waals surface area contributed by atoms with Gasteiger partial charge in [-0.1, -0.05) is 12.1 Å². The van der Waals surface area contributed by atoms with Crippen LogP contribution < -0.4 is 5.32 Å². The molecule has 0 spiro atoms. The van der Waals surface area contributed by atoms with Gasteiger partial charge in [-0.25, -0.2) is 4.98 Å². The van der Waals surface area contributed by atoms with E-state index in [4.69, 9.17) is 5.11 Å². The van der Waals surface area contributed by atoms with E-state index in [1.54, 1.807) is 0 Å². The molecule has 0 atom stereocenters. The van der Waals surface area contributed by atoms with Gasteiger partial charge in [0.25, 0.3) is 0 Å². The molecule has 4 heteroatoms. The summed E-state index contributed by atoms with van der Waals surface area (Å²) in [5.41, 5.74) is 2.11. The predicted molar refractivity (Wildman–Crippen MR) is 65.6 cm³/mol. The number of rotatable bonds is 5. The fourth-order valence-corrected chi connectivity index (χ4v) is 1.82. The van der Waals surface area contributed by atoms with Gasteiger partial charge in [-0.3, -0.25) is 0 Å². The molecule has 1 heterocycles. The quantitative estimate of drug-likeness (QED) is 0.807. The summed E-state index contributed by atoms with van der Waals surface area (Å²) in [4.78, 5) is 4.53. The van der Waals surface area contributed by atoms with Gasteiger partial charge in [0.15, 0.2) is 0 Å². The molecule has 0 unspecified atom stereocenters. The first kappa shape index (κ1) is 11.0. The Hall–Kier alpha value is -1.55. The molecule has 0 saturated carbocycles. The van der Waals surface area contributed by atoms with Crippen molar-refractivity contribution in [2.75, 3.05) is 18.5 Å². The lowest BCUT2D eigenvalue weighted by atomic mass is 10.3. The van der Waals surface area contributed by atoms with E-state index in [1.165, 1.54) is 0 Å². The zero-order valence-electron chi connectivity index (χ0n) is 9.48. The SMILES string of the molecule is CCNc1nc2ccccc2n1CCCO. The number of imidazole rings is 1. The Morgan fingerprint density at radius 2 is 2.19 bits per heavy atom. The van der Waals surface area contributed by atoms with Crippen molar-refractivity contribution in [3.63, 3.8) is 0 Å². The lowest BCUT2D eigenvalue weighted by molar-refractivity contribution is 0.281. The normalized spacial score (nSPS) is 10.9. The molecule has 0 bridgehead atoms. The molecule has 0 amide bonds. The molecular formula is C12H17N3O. The van der Waals surface area contributed by atoms with Crippen LogP contribution in [-0.4, -0.2) is 27.8 Å². The third-order valence-electron chi connectivity index (χ3n) is 2.53. The Balaban J connectivity index is 2.42. The molecule has 0 fully saturated rings. The zero-order valence-corrected chi connectivity index (χ0v) is 9.48. The minimum atomic E-state index is 0.206. The lowest BCUT2D eigenvalue weighted by Gasteiger charge is -2.08. The van der Waals surface area contributed by atoms with Crippen molar-refractivity contribution < 1.29 is 5.11 Å². The fraction of sp³-hybridized carbons (Fsp3) is 0.417. The van der Waals surface area contributed by atoms with Gasteiger partial charge in [-0.05, 0) is 25.5 Å². The van der Waals surface area contributed by atoms with E-state index < -0.39 is 0 Å². The van der Waals surface area contributed by atoms with Crippen molar-refractivity contribution >= 4 is 17.0 Å². The second-order valence-electron chi connectivity index (χ2n) is 3.68. The van der Waals surface area contributed by atoms with Crippen molar-refractivity contribution in [1.29, 1.82) is 0 Å². The number of benzene rings is 1. The smallest absolute Gasteiger partial charge is 0.203 e. The van der Waals surface area contributed by atoms with Gasteiger partial charge in [-0.15, -0.1) is 0 Å². The second-order valence-corrected chi connectivity index (χ2v) is 3.68. The number of aromatic nitrogens is 2. The van der Waals surface area contributed by atoms with E-state index in [2.05, 4.69) is 27.9 Å². The maximum atomic E-state index is 8.90. The highest BCUT2D eigenvalue weighted by atomic mass is 16.3. The Labute approximate surface area is 94.9 Å². The van der Waals surface area contributed by atoms with Crippen LogP contribution >= 0.6 is 0 Å². The van der Waals surface area contributed by atoms with Crippen LogP contribution in [0.15, 0.2) is 24.3 Å². The largest absolute Gasteiger partial charge is 0.396 e. The molecule has 0 radical (unpaired) electrons. The third kappa shape index (κ3) is 2.02.